The highest BCUT2D eigenvalue weighted by molar-refractivity contribution is 6.05. The topological polar surface area (TPSA) is 58.1 Å². The van der Waals surface area contributed by atoms with E-state index in [2.05, 4.69) is 15.3 Å². The first kappa shape index (κ1) is 18.4. The Morgan fingerprint density at radius 3 is 2.62 bits per heavy atom. The van der Waals surface area contributed by atoms with Crippen LogP contribution in [0.15, 0.2) is 30.3 Å². The van der Waals surface area contributed by atoms with E-state index in [-0.39, 0.29) is 5.91 Å². The molecule has 2 aromatic rings. The minimum atomic E-state index is -0.0877. The third kappa shape index (κ3) is 4.40. The van der Waals surface area contributed by atoms with Crippen LogP contribution in [-0.4, -0.2) is 28.5 Å². The largest absolute Gasteiger partial charge is 0.351 e. The molecule has 3 rings (SSSR count). The molecule has 1 aromatic carbocycles. The molecular weight excluding hydrogens is 324 g/mol. The second kappa shape index (κ2) is 8.30. The van der Waals surface area contributed by atoms with E-state index in [1.807, 2.05) is 45.0 Å². The Morgan fingerprint density at radius 2 is 1.92 bits per heavy atom. The average molecular weight is 352 g/mol. The maximum absolute atomic E-state index is 13.1. The van der Waals surface area contributed by atoms with Crippen LogP contribution in [0.5, 0.6) is 0 Å². The van der Waals surface area contributed by atoms with Crippen LogP contribution in [0, 0.1) is 13.8 Å². The van der Waals surface area contributed by atoms with E-state index in [9.17, 15) is 4.79 Å². The summed E-state index contributed by atoms with van der Waals surface area (Å²) in [5, 5.41) is 3.43. The second-order valence-electron chi connectivity index (χ2n) is 7.09. The third-order valence-corrected chi connectivity index (χ3v) is 4.89. The lowest BCUT2D eigenvalue weighted by Crippen LogP contribution is -2.32. The average Bonchev–Trinajstić information content (AvgIpc) is 2.63. The molecule has 0 aliphatic heterocycles. The number of amides is 1. The highest BCUT2D eigenvalue weighted by Gasteiger charge is 2.20. The molecule has 1 aliphatic rings. The molecule has 138 valence electrons. The highest BCUT2D eigenvalue weighted by Crippen LogP contribution is 2.22. The number of hydrogen-bond acceptors (Lipinski definition) is 4. The number of carbonyl (C=O) groups is 1. The van der Waals surface area contributed by atoms with Crippen molar-refractivity contribution in [3.63, 3.8) is 0 Å². The van der Waals surface area contributed by atoms with Gasteiger partial charge in [-0.1, -0.05) is 31.4 Å². The van der Waals surface area contributed by atoms with Crippen molar-refractivity contribution < 1.29 is 4.79 Å². The van der Waals surface area contributed by atoms with E-state index in [1.54, 1.807) is 11.0 Å². The lowest BCUT2D eigenvalue weighted by atomic mass is 9.96. The number of carbonyl (C=O) groups excluding carboxylic acids is 1. The van der Waals surface area contributed by atoms with Gasteiger partial charge in [0.05, 0.1) is 0 Å². The standard InChI is InChI=1S/C21H28N4O/c1-4-25(18-12-8-9-15(2)13-18)20(26)19-14-16(3)22-21(24-19)23-17-10-6-5-7-11-17/h8-9,12-14,17H,4-7,10-11H2,1-3H3,(H,22,23,24). The van der Waals surface area contributed by atoms with Crippen LogP contribution in [0.1, 0.15) is 60.8 Å². The SMILES string of the molecule is CCN(C(=O)c1cc(C)nc(NC2CCCCC2)n1)c1cccc(C)c1. The first-order valence-electron chi connectivity index (χ1n) is 9.57. The quantitative estimate of drug-likeness (QED) is 0.860. The number of nitrogens with one attached hydrogen (secondary N) is 1. The molecule has 1 aromatic heterocycles. The van der Waals surface area contributed by atoms with Gasteiger partial charge in [0.25, 0.3) is 5.91 Å². The van der Waals surface area contributed by atoms with E-state index in [4.69, 9.17) is 0 Å². The predicted octanol–water partition coefficient (Wildman–Crippen LogP) is 4.50. The number of nitrogens with zero attached hydrogens (tertiary/aromatic N) is 3. The molecule has 1 N–H and O–H groups in total. The summed E-state index contributed by atoms with van der Waals surface area (Å²) in [7, 11) is 0. The number of anilines is 2. The summed E-state index contributed by atoms with van der Waals surface area (Å²) < 4.78 is 0. The van der Waals surface area contributed by atoms with E-state index in [0.29, 0.717) is 24.2 Å². The zero-order chi connectivity index (χ0) is 18.5. The summed E-state index contributed by atoms with van der Waals surface area (Å²) >= 11 is 0. The van der Waals surface area contributed by atoms with Crippen molar-refractivity contribution in [1.82, 2.24) is 9.97 Å². The van der Waals surface area contributed by atoms with E-state index >= 15 is 0 Å². The molecule has 0 spiro atoms. The molecule has 1 heterocycles. The summed E-state index contributed by atoms with van der Waals surface area (Å²) in [5.74, 6) is 0.482. The van der Waals surface area contributed by atoms with Crippen LogP contribution in [0.3, 0.4) is 0 Å². The summed E-state index contributed by atoms with van der Waals surface area (Å²) in [5.41, 5.74) is 3.28. The first-order valence-corrected chi connectivity index (χ1v) is 9.57. The minimum absolute atomic E-state index is 0.0877. The molecular formula is C21H28N4O. The molecule has 0 bridgehead atoms. The number of aromatic nitrogens is 2. The lowest BCUT2D eigenvalue weighted by Gasteiger charge is -2.24. The smallest absolute Gasteiger partial charge is 0.277 e. The summed E-state index contributed by atoms with van der Waals surface area (Å²) in [6, 6.07) is 10.2. The van der Waals surface area contributed by atoms with E-state index in [1.165, 1.54) is 19.3 Å². The Hall–Kier alpha value is -2.43. The van der Waals surface area contributed by atoms with E-state index < -0.39 is 0 Å². The van der Waals surface area contributed by atoms with Crippen molar-refractivity contribution in [3.05, 3.63) is 47.3 Å². The van der Waals surface area contributed by atoms with Crippen molar-refractivity contribution in [2.24, 2.45) is 0 Å². The van der Waals surface area contributed by atoms with Crippen LogP contribution in [0.2, 0.25) is 0 Å². The Kier molecular flexibility index (Phi) is 5.86. The number of hydrogen-bond donors (Lipinski definition) is 1. The fraction of sp³-hybridized carbons (Fsp3) is 0.476. The number of benzene rings is 1. The van der Waals surface area contributed by atoms with Gasteiger partial charge < -0.3 is 10.2 Å². The molecule has 1 saturated carbocycles. The summed E-state index contributed by atoms with van der Waals surface area (Å²) in [6.07, 6.45) is 6.08. The molecule has 5 nitrogen and oxygen atoms in total. The van der Waals surface area contributed by atoms with Gasteiger partial charge >= 0.3 is 0 Å². The van der Waals surface area contributed by atoms with Crippen molar-refractivity contribution in [2.45, 2.75) is 58.9 Å². The number of aryl methyl sites for hydroxylation is 2. The predicted molar refractivity (Wildman–Crippen MR) is 106 cm³/mol. The Balaban J connectivity index is 1.83. The van der Waals surface area contributed by atoms with Gasteiger partial charge in [-0.3, -0.25) is 4.79 Å². The second-order valence-corrected chi connectivity index (χ2v) is 7.09. The van der Waals surface area contributed by atoms with Gasteiger partial charge in [-0.2, -0.15) is 0 Å². The summed E-state index contributed by atoms with van der Waals surface area (Å²) in [6.45, 7) is 6.52. The van der Waals surface area contributed by atoms with Crippen molar-refractivity contribution in [1.29, 1.82) is 0 Å². The normalized spacial score (nSPS) is 14.9. The molecule has 1 amide bonds. The number of rotatable bonds is 5. The van der Waals surface area contributed by atoms with Crippen molar-refractivity contribution >= 4 is 17.5 Å². The zero-order valence-corrected chi connectivity index (χ0v) is 16.0. The van der Waals surface area contributed by atoms with Gasteiger partial charge in [0, 0.05) is 24.0 Å². The maximum atomic E-state index is 13.1. The summed E-state index contributed by atoms with van der Waals surface area (Å²) in [4.78, 5) is 23.9. The fourth-order valence-corrected chi connectivity index (χ4v) is 3.55. The lowest BCUT2D eigenvalue weighted by molar-refractivity contribution is 0.0983. The zero-order valence-electron chi connectivity index (χ0n) is 16.0. The molecule has 0 radical (unpaired) electrons. The van der Waals surface area contributed by atoms with Crippen LogP contribution < -0.4 is 10.2 Å². The highest BCUT2D eigenvalue weighted by atomic mass is 16.2. The van der Waals surface area contributed by atoms with Gasteiger partial charge in [0.15, 0.2) is 0 Å². The van der Waals surface area contributed by atoms with Crippen molar-refractivity contribution in [3.8, 4) is 0 Å². The molecule has 0 atom stereocenters. The fourth-order valence-electron chi connectivity index (χ4n) is 3.55. The van der Waals surface area contributed by atoms with Crippen LogP contribution in [0.25, 0.3) is 0 Å². The molecule has 1 aliphatic carbocycles. The Labute approximate surface area is 155 Å². The van der Waals surface area contributed by atoms with Gasteiger partial charge in [0.2, 0.25) is 5.95 Å². The molecule has 1 fully saturated rings. The van der Waals surface area contributed by atoms with Gasteiger partial charge in [-0.25, -0.2) is 9.97 Å². The molecule has 26 heavy (non-hydrogen) atoms. The van der Waals surface area contributed by atoms with Crippen molar-refractivity contribution in [2.75, 3.05) is 16.8 Å². The monoisotopic (exact) mass is 352 g/mol. The molecule has 5 heteroatoms. The Bertz CT molecular complexity index is 768. The molecule has 0 saturated heterocycles. The third-order valence-electron chi connectivity index (χ3n) is 4.89. The van der Waals surface area contributed by atoms with Gasteiger partial charge in [-0.15, -0.1) is 0 Å². The van der Waals surface area contributed by atoms with Crippen LogP contribution in [0.4, 0.5) is 11.6 Å². The van der Waals surface area contributed by atoms with Crippen LogP contribution >= 0.6 is 0 Å². The van der Waals surface area contributed by atoms with Gasteiger partial charge in [-0.05, 0) is 57.4 Å². The first-order chi connectivity index (χ1) is 12.6. The Morgan fingerprint density at radius 1 is 1.15 bits per heavy atom. The van der Waals surface area contributed by atoms with E-state index in [0.717, 1.165) is 29.8 Å². The van der Waals surface area contributed by atoms with Crippen LogP contribution in [-0.2, 0) is 0 Å². The maximum Gasteiger partial charge on any atom is 0.277 e. The molecule has 0 unspecified atom stereocenters. The minimum Gasteiger partial charge on any atom is -0.351 e. The van der Waals surface area contributed by atoms with Gasteiger partial charge in [0.1, 0.15) is 5.69 Å².